The summed E-state index contributed by atoms with van der Waals surface area (Å²) in [5.41, 5.74) is 1.60. The standard InChI is InChI=1S/C22H20FN5O4/c1-15(29)24-11-19-13-27(22(30)32-19)18-7-8-21(20(23)10-18)26-12-16(25-14-26)5-6-17-4-2-3-9-28(17)31/h2-10,12,14,19H,11,13H2,1H3,(H,24,29)/t19-/m0/s1. The van der Waals surface area contributed by atoms with Crippen molar-refractivity contribution in [3.05, 3.63) is 77.5 Å². The normalized spacial score (nSPS) is 15.9. The lowest BCUT2D eigenvalue weighted by Crippen LogP contribution is -2.33. The fourth-order valence-electron chi connectivity index (χ4n) is 3.27. The molecule has 3 aromatic rings. The van der Waals surface area contributed by atoms with Crippen LogP contribution in [0.5, 0.6) is 0 Å². The average Bonchev–Trinajstić information content (AvgIpc) is 3.38. The molecule has 3 heterocycles. The number of imidazole rings is 1. The maximum atomic E-state index is 14.8. The molecule has 32 heavy (non-hydrogen) atoms. The first-order valence-electron chi connectivity index (χ1n) is 9.83. The van der Waals surface area contributed by atoms with Gasteiger partial charge in [0.2, 0.25) is 11.6 Å². The van der Waals surface area contributed by atoms with E-state index in [0.717, 1.165) is 4.73 Å². The summed E-state index contributed by atoms with van der Waals surface area (Å²) >= 11 is 0. The molecule has 0 radical (unpaired) electrons. The van der Waals surface area contributed by atoms with Gasteiger partial charge in [0, 0.05) is 31.3 Å². The van der Waals surface area contributed by atoms with Gasteiger partial charge in [-0.15, -0.1) is 0 Å². The van der Waals surface area contributed by atoms with Crippen LogP contribution in [0, 0.1) is 11.0 Å². The Morgan fingerprint density at radius 2 is 2.22 bits per heavy atom. The van der Waals surface area contributed by atoms with Crippen LogP contribution in [0.25, 0.3) is 17.8 Å². The fourth-order valence-corrected chi connectivity index (χ4v) is 3.27. The van der Waals surface area contributed by atoms with E-state index in [2.05, 4.69) is 10.3 Å². The molecule has 1 fully saturated rings. The van der Waals surface area contributed by atoms with Gasteiger partial charge in [0.25, 0.3) is 0 Å². The highest BCUT2D eigenvalue weighted by molar-refractivity contribution is 5.90. The van der Waals surface area contributed by atoms with E-state index >= 15 is 0 Å². The Hall–Kier alpha value is -4.21. The summed E-state index contributed by atoms with van der Waals surface area (Å²) in [6.45, 7) is 1.78. The van der Waals surface area contributed by atoms with Crippen molar-refractivity contribution in [3.63, 3.8) is 0 Å². The molecule has 0 bridgehead atoms. The SMILES string of the molecule is CC(=O)NC[C@H]1CN(c2ccc(-n3cnc(C=Cc4cccc[n+]4[O-])c3)c(F)c2)C(=O)O1. The number of hydrogen-bond donors (Lipinski definition) is 1. The van der Waals surface area contributed by atoms with E-state index in [1.807, 2.05) is 0 Å². The van der Waals surface area contributed by atoms with Crippen LogP contribution in [-0.2, 0) is 9.53 Å². The van der Waals surface area contributed by atoms with Crippen LogP contribution in [0.15, 0.2) is 55.1 Å². The van der Waals surface area contributed by atoms with Gasteiger partial charge >= 0.3 is 6.09 Å². The van der Waals surface area contributed by atoms with Crippen molar-refractivity contribution in [1.82, 2.24) is 14.9 Å². The predicted octanol–water partition coefficient (Wildman–Crippen LogP) is 2.28. The minimum atomic E-state index is -0.598. The van der Waals surface area contributed by atoms with Crippen LogP contribution in [0.3, 0.4) is 0 Å². The lowest BCUT2D eigenvalue weighted by Gasteiger charge is -2.14. The highest BCUT2D eigenvalue weighted by atomic mass is 19.1. The van der Waals surface area contributed by atoms with Gasteiger partial charge in [-0.3, -0.25) is 9.69 Å². The molecular weight excluding hydrogens is 417 g/mol. The fraction of sp³-hybridized carbons (Fsp3) is 0.182. The van der Waals surface area contributed by atoms with E-state index in [-0.39, 0.29) is 24.7 Å². The Balaban J connectivity index is 1.48. The Morgan fingerprint density at radius 3 is 2.97 bits per heavy atom. The van der Waals surface area contributed by atoms with Crippen molar-refractivity contribution < 1.29 is 23.4 Å². The number of ether oxygens (including phenoxy) is 1. The van der Waals surface area contributed by atoms with E-state index in [1.165, 1.54) is 41.0 Å². The zero-order valence-electron chi connectivity index (χ0n) is 17.1. The van der Waals surface area contributed by atoms with Gasteiger partial charge in [-0.25, -0.2) is 14.2 Å². The van der Waals surface area contributed by atoms with E-state index in [4.69, 9.17) is 4.74 Å². The minimum Gasteiger partial charge on any atom is -0.618 e. The zero-order valence-corrected chi connectivity index (χ0v) is 17.1. The topological polar surface area (TPSA) is 103 Å². The number of carbonyl (C=O) groups excluding carboxylic acids is 2. The third kappa shape index (κ3) is 4.59. The number of amides is 2. The zero-order chi connectivity index (χ0) is 22.7. The van der Waals surface area contributed by atoms with Crippen molar-refractivity contribution in [2.24, 2.45) is 0 Å². The Kier molecular flexibility index (Phi) is 5.84. The smallest absolute Gasteiger partial charge is 0.414 e. The molecule has 0 spiro atoms. The van der Waals surface area contributed by atoms with E-state index < -0.39 is 18.0 Å². The van der Waals surface area contributed by atoms with Crippen LogP contribution in [0.1, 0.15) is 18.3 Å². The molecule has 1 aliphatic heterocycles. The molecule has 9 nitrogen and oxygen atoms in total. The number of anilines is 1. The number of rotatable bonds is 6. The molecule has 4 rings (SSSR count). The maximum absolute atomic E-state index is 14.8. The van der Waals surface area contributed by atoms with Crippen LogP contribution in [0.4, 0.5) is 14.9 Å². The van der Waals surface area contributed by atoms with Crippen molar-refractivity contribution in [2.45, 2.75) is 13.0 Å². The summed E-state index contributed by atoms with van der Waals surface area (Å²) in [5, 5.41) is 14.3. The molecule has 1 saturated heterocycles. The molecule has 1 aliphatic rings. The molecular formula is C22H20FN5O4. The molecule has 0 aliphatic carbocycles. The summed E-state index contributed by atoms with van der Waals surface area (Å²) < 4.78 is 22.3. The number of halogens is 1. The molecule has 1 aromatic carbocycles. The van der Waals surface area contributed by atoms with Crippen LogP contribution >= 0.6 is 0 Å². The van der Waals surface area contributed by atoms with E-state index in [9.17, 15) is 19.2 Å². The van der Waals surface area contributed by atoms with E-state index in [0.29, 0.717) is 17.1 Å². The predicted molar refractivity (Wildman–Crippen MR) is 114 cm³/mol. The highest BCUT2D eigenvalue weighted by Gasteiger charge is 2.32. The molecule has 10 heteroatoms. The Bertz CT molecular complexity index is 1190. The third-order valence-electron chi connectivity index (χ3n) is 4.86. The molecule has 0 unspecified atom stereocenters. The van der Waals surface area contributed by atoms with Crippen LogP contribution in [-0.4, -0.2) is 40.7 Å². The summed E-state index contributed by atoms with van der Waals surface area (Å²) in [5.74, 6) is -0.769. The van der Waals surface area contributed by atoms with Crippen LogP contribution in [0.2, 0.25) is 0 Å². The summed E-state index contributed by atoms with van der Waals surface area (Å²) in [6, 6.07) is 9.45. The van der Waals surface area contributed by atoms with Gasteiger partial charge in [-0.2, -0.15) is 4.73 Å². The second-order valence-electron chi connectivity index (χ2n) is 7.18. The van der Waals surface area contributed by atoms with Gasteiger partial charge < -0.3 is 19.8 Å². The summed E-state index contributed by atoms with van der Waals surface area (Å²) in [4.78, 5) is 28.7. The number of hydrogen-bond acceptors (Lipinski definition) is 5. The first-order valence-corrected chi connectivity index (χ1v) is 9.83. The summed E-state index contributed by atoms with van der Waals surface area (Å²) in [6.07, 6.45) is 6.65. The highest BCUT2D eigenvalue weighted by Crippen LogP contribution is 2.25. The van der Waals surface area contributed by atoms with Gasteiger partial charge in [-0.1, -0.05) is 0 Å². The number of pyridine rings is 1. The molecule has 0 saturated carbocycles. The second kappa shape index (κ2) is 8.88. The van der Waals surface area contributed by atoms with Crippen molar-refractivity contribution in [1.29, 1.82) is 0 Å². The van der Waals surface area contributed by atoms with Gasteiger partial charge in [0.05, 0.1) is 36.5 Å². The van der Waals surface area contributed by atoms with E-state index in [1.54, 1.807) is 42.6 Å². The number of nitrogens with one attached hydrogen (secondary N) is 1. The molecule has 2 aromatic heterocycles. The first kappa shape index (κ1) is 21.0. The Morgan fingerprint density at radius 1 is 1.38 bits per heavy atom. The number of benzene rings is 1. The second-order valence-corrected chi connectivity index (χ2v) is 7.18. The number of cyclic esters (lactones) is 1. The lowest BCUT2D eigenvalue weighted by atomic mass is 10.2. The number of aromatic nitrogens is 3. The van der Waals surface area contributed by atoms with Gasteiger partial charge in [-0.05, 0) is 30.3 Å². The Labute approximate surface area is 182 Å². The monoisotopic (exact) mass is 437 g/mol. The van der Waals surface area contributed by atoms with Crippen molar-refractivity contribution in [3.8, 4) is 5.69 Å². The number of nitrogens with zero attached hydrogens (tertiary/aromatic N) is 4. The molecule has 164 valence electrons. The van der Waals surface area contributed by atoms with Gasteiger partial charge in [0.1, 0.15) is 11.9 Å². The largest absolute Gasteiger partial charge is 0.618 e. The molecule has 1 atom stereocenters. The first-order chi connectivity index (χ1) is 15.4. The third-order valence-corrected chi connectivity index (χ3v) is 4.86. The van der Waals surface area contributed by atoms with Crippen molar-refractivity contribution in [2.75, 3.05) is 18.0 Å². The minimum absolute atomic E-state index is 0.193. The quantitative estimate of drug-likeness (QED) is 0.471. The van der Waals surface area contributed by atoms with Crippen molar-refractivity contribution >= 4 is 29.8 Å². The molecule has 1 N–H and O–H groups in total. The number of carbonyl (C=O) groups is 2. The average molecular weight is 437 g/mol. The maximum Gasteiger partial charge on any atom is 0.414 e. The van der Waals surface area contributed by atoms with Gasteiger partial charge in [0.15, 0.2) is 6.20 Å². The molecule has 2 amide bonds. The lowest BCUT2D eigenvalue weighted by molar-refractivity contribution is -0.607. The van der Waals surface area contributed by atoms with Crippen LogP contribution < -0.4 is 14.9 Å². The summed E-state index contributed by atoms with van der Waals surface area (Å²) in [7, 11) is 0.